The van der Waals surface area contributed by atoms with Gasteiger partial charge in [-0.15, -0.1) is 0 Å². The Hall–Kier alpha value is -1.11. The Morgan fingerprint density at radius 1 is 1.45 bits per heavy atom. The number of nitrogens with zero attached hydrogens (tertiary/aromatic N) is 1. The van der Waals surface area contributed by atoms with Crippen molar-refractivity contribution in [1.82, 2.24) is 4.72 Å². The maximum atomic E-state index is 11.9. The van der Waals surface area contributed by atoms with Crippen molar-refractivity contribution in [3.05, 3.63) is 23.8 Å². The molecule has 1 fully saturated rings. The molecule has 0 aliphatic carbocycles. The van der Waals surface area contributed by atoms with Crippen LogP contribution in [0, 0.1) is 5.92 Å². The second-order valence-electron chi connectivity index (χ2n) is 5.42. The minimum atomic E-state index is -3.37. The van der Waals surface area contributed by atoms with Crippen molar-refractivity contribution in [2.75, 3.05) is 38.3 Å². The third-order valence-corrected chi connectivity index (χ3v) is 5.54. The molecule has 2 heterocycles. The molecule has 5 nitrogen and oxygen atoms in total. The van der Waals surface area contributed by atoms with Gasteiger partial charge in [0, 0.05) is 31.3 Å². The quantitative estimate of drug-likeness (QED) is 0.900. The Balaban J connectivity index is 1.85. The first-order valence-electron chi connectivity index (χ1n) is 6.99. The number of nitrogens with one attached hydrogen (secondary N) is 1. The summed E-state index contributed by atoms with van der Waals surface area (Å²) in [6.07, 6.45) is 2.09. The van der Waals surface area contributed by atoms with E-state index < -0.39 is 10.0 Å². The summed E-state index contributed by atoms with van der Waals surface area (Å²) in [4.78, 5) is 2.64. The summed E-state index contributed by atoms with van der Waals surface area (Å²) >= 11 is 0. The second kappa shape index (κ2) is 5.35. The molecule has 0 spiro atoms. The van der Waals surface area contributed by atoms with Crippen LogP contribution < -0.4 is 9.62 Å². The number of fused-ring (bicyclic) bond motifs is 1. The molecule has 0 bridgehead atoms. The third kappa shape index (κ3) is 2.55. The van der Waals surface area contributed by atoms with Crippen LogP contribution in [0.2, 0.25) is 0 Å². The number of sulfonamides is 1. The number of ether oxygens (including phenoxy) is 1. The lowest BCUT2D eigenvalue weighted by Gasteiger charge is -2.23. The van der Waals surface area contributed by atoms with E-state index in [-0.39, 0.29) is 0 Å². The molecule has 1 aromatic rings. The highest BCUT2D eigenvalue weighted by Crippen LogP contribution is 2.31. The lowest BCUT2D eigenvalue weighted by atomic mass is 10.1. The molecule has 1 saturated heterocycles. The summed E-state index contributed by atoms with van der Waals surface area (Å²) in [5.41, 5.74) is 2.30. The zero-order valence-corrected chi connectivity index (χ0v) is 12.4. The van der Waals surface area contributed by atoms with Crippen LogP contribution in [0.15, 0.2) is 23.1 Å². The summed E-state index contributed by atoms with van der Waals surface area (Å²) in [5.74, 6) is 0.561. The highest BCUT2D eigenvalue weighted by Gasteiger charge is 2.26. The highest BCUT2D eigenvalue weighted by molar-refractivity contribution is 7.89. The molecule has 0 radical (unpaired) electrons. The van der Waals surface area contributed by atoms with Gasteiger partial charge >= 0.3 is 0 Å². The van der Waals surface area contributed by atoms with Crippen molar-refractivity contribution in [2.45, 2.75) is 17.7 Å². The fraction of sp³-hybridized carbons (Fsp3) is 0.571. The normalized spacial score (nSPS) is 22.2. The van der Waals surface area contributed by atoms with Crippen LogP contribution in [0.25, 0.3) is 0 Å². The molecule has 6 heteroatoms. The Morgan fingerprint density at radius 3 is 3.00 bits per heavy atom. The summed E-state index contributed by atoms with van der Waals surface area (Å²) in [6, 6.07) is 5.42. The van der Waals surface area contributed by atoms with Gasteiger partial charge in [0.05, 0.1) is 11.5 Å². The van der Waals surface area contributed by atoms with Crippen molar-refractivity contribution in [2.24, 2.45) is 5.92 Å². The van der Waals surface area contributed by atoms with Crippen LogP contribution in [0.5, 0.6) is 0 Å². The lowest BCUT2D eigenvalue weighted by molar-refractivity contribution is 0.186. The van der Waals surface area contributed by atoms with E-state index in [0.717, 1.165) is 44.8 Å². The van der Waals surface area contributed by atoms with Crippen LogP contribution in [0.3, 0.4) is 0 Å². The third-order valence-electron chi connectivity index (χ3n) is 4.13. The van der Waals surface area contributed by atoms with Gasteiger partial charge in [-0.1, -0.05) is 6.07 Å². The van der Waals surface area contributed by atoms with Gasteiger partial charge < -0.3 is 9.64 Å². The van der Waals surface area contributed by atoms with Crippen LogP contribution in [-0.2, 0) is 21.2 Å². The molecule has 2 aliphatic heterocycles. The molecule has 1 aromatic carbocycles. The molecular weight excluding hydrogens is 276 g/mol. The number of hydrogen-bond acceptors (Lipinski definition) is 4. The molecule has 0 saturated carbocycles. The van der Waals surface area contributed by atoms with Gasteiger partial charge in [-0.25, -0.2) is 13.1 Å². The maximum Gasteiger partial charge on any atom is 0.240 e. The van der Waals surface area contributed by atoms with Crippen LogP contribution >= 0.6 is 0 Å². The Morgan fingerprint density at radius 2 is 2.30 bits per heavy atom. The van der Waals surface area contributed by atoms with E-state index in [4.69, 9.17) is 4.74 Å². The molecule has 1 atom stereocenters. The fourth-order valence-corrected chi connectivity index (χ4v) is 3.69. The van der Waals surface area contributed by atoms with Gasteiger partial charge in [0.2, 0.25) is 10.0 Å². The minimum Gasteiger partial charge on any atom is -0.381 e. The average molecular weight is 296 g/mol. The van der Waals surface area contributed by atoms with Gasteiger partial charge in [0.1, 0.15) is 0 Å². The van der Waals surface area contributed by atoms with Crippen LogP contribution in [-0.4, -0.2) is 41.8 Å². The molecule has 110 valence electrons. The predicted octanol–water partition coefficient (Wildman–Crippen LogP) is 0.994. The first kappa shape index (κ1) is 13.9. The van der Waals surface area contributed by atoms with E-state index in [0.29, 0.717) is 10.8 Å². The Labute approximate surface area is 120 Å². The monoisotopic (exact) mass is 296 g/mol. The molecule has 1 N–H and O–H groups in total. The molecule has 1 unspecified atom stereocenters. The number of benzene rings is 1. The summed E-state index contributed by atoms with van der Waals surface area (Å²) in [7, 11) is -1.93. The topological polar surface area (TPSA) is 58.6 Å². The highest BCUT2D eigenvalue weighted by atomic mass is 32.2. The first-order chi connectivity index (χ1) is 9.60. The summed E-state index contributed by atoms with van der Waals surface area (Å²) < 4.78 is 31.6. The number of rotatable bonds is 4. The summed E-state index contributed by atoms with van der Waals surface area (Å²) in [5, 5.41) is 0. The molecule has 3 rings (SSSR count). The van der Waals surface area contributed by atoms with Crippen LogP contribution in [0.1, 0.15) is 12.0 Å². The van der Waals surface area contributed by atoms with Gasteiger partial charge in [-0.05, 0) is 37.6 Å². The standard InChI is InChI=1S/C14H20N2O3S/c1-15-20(17,18)13-3-2-12-4-6-16(14(12)8-13)9-11-5-7-19-10-11/h2-3,8,11,15H,4-7,9-10H2,1H3. The maximum absolute atomic E-state index is 11.9. The fourth-order valence-electron chi connectivity index (χ4n) is 2.94. The van der Waals surface area contributed by atoms with Crippen LogP contribution in [0.4, 0.5) is 5.69 Å². The molecule has 0 aromatic heterocycles. The molecular formula is C14H20N2O3S. The van der Waals surface area contributed by atoms with Crippen molar-refractivity contribution in [3.8, 4) is 0 Å². The number of hydrogen-bond donors (Lipinski definition) is 1. The zero-order valence-electron chi connectivity index (χ0n) is 11.6. The van der Waals surface area contributed by atoms with Gasteiger partial charge in [-0.2, -0.15) is 0 Å². The van der Waals surface area contributed by atoms with E-state index in [2.05, 4.69) is 9.62 Å². The predicted molar refractivity (Wildman–Crippen MR) is 77.5 cm³/mol. The van der Waals surface area contributed by atoms with Crippen molar-refractivity contribution >= 4 is 15.7 Å². The van der Waals surface area contributed by atoms with E-state index in [1.807, 2.05) is 6.07 Å². The Kier molecular flexibility index (Phi) is 3.70. The molecule has 2 aliphatic rings. The summed E-state index contributed by atoms with van der Waals surface area (Å²) in [6.45, 7) is 3.59. The largest absolute Gasteiger partial charge is 0.381 e. The SMILES string of the molecule is CNS(=O)(=O)c1ccc2c(c1)N(CC1CCOC1)CC2. The van der Waals surface area contributed by atoms with Gasteiger partial charge in [0.25, 0.3) is 0 Å². The smallest absolute Gasteiger partial charge is 0.240 e. The average Bonchev–Trinajstić information content (AvgIpc) is 3.09. The first-order valence-corrected chi connectivity index (χ1v) is 8.47. The van der Waals surface area contributed by atoms with E-state index in [9.17, 15) is 8.42 Å². The molecule has 0 amide bonds. The van der Waals surface area contributed by atoms with Crippen molar-refractivity contribution in [3.63, 3.8) is 0 Å². The van der Waals surface area contributed by atoms with Crippen molar-refractivity contribution in [1.29, 1.82) is 0 Å². The minimum absolute atomic E-state index is 0.341. The van der Waals surface area contributed by atoms with E-state index in [1.165, 1.54) is 12.6 Å². The van der Waals surface area contributed by atoms with E-state index >= 15 is 0 Å². The van der Waals surface area contributed by atoms with E-state index in [1.54, 1.807) is 12.1 Å². The Bertz CT molecular complexity index is 594. The molecule has 20 heavy (non-hydrogen) atoms. The number of anilines is 1. The zero-order chi connectivity index (χ0) is 14.2. The van der Waals surface area contributed by atoms with Gasteiger partial charge in [0.15, 0.2) is 0 Å². The lowest BCUT2D eigenvalue weighted by Crippen LogP contribution is -2.28. The second-order valence-corrected chi connectivity index (χ2v) is 7.31. The van der Waals surface area contributed by atoms with Gasteiger partial charge in [-0.3, -0.25) is 0 Å². The van der Waals surface area contributed by atoms with Crippen molar-refractivity contribution < 1.29 is 13.2 Å².